The summed E-state index contributed by atoms with van der Waals surface area (Å²) in [4.78, 5) is 14.2. The molecule has 25 heavy (non-hydrogen) atoms. The second kappa shape index (κ2) is 8.67. The van der Waals surface area contributed by atoms with Crippen molar-refractivity contribution in [3.05, 3.63) is 47.7 Å². The lowest BCUT2D eigenvalue weighted by molar-refractivity contribution is 0.128. The van der Waals surface area contributed by atoms with Crippen LogP contribution in [0.2, 0.25) is 0 Å². The molecule has 2 unspecified atom stereocenters. The molecule has 1 aromatic heterocycles. The number of aliphatic hydroxyl groups is 1. The molecule has 0 aliphatic heterocycles. The van der Waals surface area contributed by atoms with E-state index in [1.54, 1.807) is 17.2 Å². The third-order valence-corrected chi connectivity index (χ3v) is 4.44. The predicted octanol–water partition coefficient (Wildman–Crippen LogP) is 3.75. The maximum Gasteiger partial charge on any atom is 0.323 e. The summed E-state index contributed by atoms with van der Waals surface area (Å²) in [7, 11) is 0. The summed E-state index contributed by atoms with van der Waals surface area (Å²) in [5.74, 6) is 0.669. The first-order chi connectivity index (χ1) is 12.0. The zero-order chi connectivity index (χ0) is 18.4. The quantitative estimate of drug-likeness (QED) is 0.803. The second-order valence-electron chi connectivity index (χ2n) is 6.31. The van der Waals surface area contributed by atoms with Gasteiger partial charge in [0.05, 0.1) is 24.9 Å². The van der Waals surface area contributed by atoms with E-state index in [1.807, 2.05) is 42.8 Å². The van der Waals surface area contributed by atoms with Crippen LogP contribution in [0.15, 0.2) is 36.5 Å². The van der Waals surface area contributed by atoms with Crippen LogP contribution < -0.4 is 5.32 Å². The number of benzene rings is 1. The van der Waals surface area contributed by atoms with E-state index in [0.29, 0.717) is 12.4 Å². The summed E-state index contributed by atoms with van der Waals surface area (Å²) in [5.41, 5.74) is 1.95. The second-order valence-corrected chi connectivity index (χ2v) is 6.31. The van der Waals surface area contributed by atoms with Gasteiger partial charge in [0.2, 0.25) is 0 Å². The number of aromatic nitrogens is 2. The molecule has 0 fully saturated rings. The van der Waals surface area contributed by atoms with Crippen molar-refractivity contribution < 1.29 is 9.90 Å². The van der Waals surface area contributed by atoms with E-state index >= 15 is 0 Å². The average Bonchev–Trinajstić information content (AvgIpc) is 3.07. The lowest BCUT2D eigenvalue weighted by Gasteiger charge is -2.25. The fourth-order valence-electron chi connectivity index (χ4n) is 2.58. The van der Waals surface area contributed by atoms with Gasteiger partial charge < -0.3 is 10.0 Å². The van der Waals surface area contributed by atoms with Gasteiger partial charge in [-0.2, -0.15) is 5.10 Å². The SMILES string of the molecule is CCC(C)n1nccc1NC(=O)N(CC)CC(O)c1ccc(C)cc1. The van der Waals surface area contributed by atoms with Crippen LogP contribution in [0.4, 0.5) is 10.6 Å². The fourth-order valence-corrected chi connectivity index (χ4v) is 2.58. The zero-order valence-electron chi connectivity index (χ0n) is 15.4. The molecule has 2 atom stereocenters. The Morgan fingerprint density at radius 3 is 2.56 bits per heavy atom. The highest BCUT2D eigenvalue weighted by Gasteiger charge is 2.19. The van der Waals surface area contributed by atoms with Crippen LogP contribution in [0.3, 0.4) is 0 Å². The maximum atomic E-state index is 12.6. The lowest BCUT2D eigenvalue weighted by atomic mass is 10.1. The molecule has 2 N–H and O–H groups in total. The normalized spacial score (nSPS) is 13.3. The molecular formula is C19H28N4O2. The molecule has 0 spiro atoms. The zero-order valence-corrected chi connectivity index (χ0v) is 15.4. The number of aliphatic hydroxyl groups excluding tert-OH is 1. The molecule has 1 heterocycles. The van der Waals surface area contributed by atoms with Crippen LogP contribution in [0.5, 0.6) is 0 Å². The third-order valence-electron chi connectivity index (χ3n) is 4.44. The summed E-state index contributed by atoms with van der Waals surface area (Å²) in [6.45, 7) is 8.78. The minimum atomic E-state index is -0.717. The van der Waals surface area contributed by atoms with Crippen molar-refractivity contribution in [2.45, 2.75) is 46.3 Å². The van der Waals surface area contributed by atoms with Gasteiger partial charge in [-0.25, -0.2) is 9.48 Å². The first kappa shape index (κ1) is 19.0. The Morgan fingerprint density at radius 2 is 1.96 bits per heavy atom. The highest BCUT2D eigenvalue weighted by atomic mass is 16.3. The topological polar surface area (TPSA) is 70.4 Å². The predicted molar refractivity (Wildman–Crippen MR) is 99.6 cm³/mol. The van der Waals surface area contributed by atoms with Crippen LogP contribution in [0, 0.1) is 6.92 Å². The van der Waals surface area contributed by atoms with Crippen LogP contribution in [0.1, 0.15) is 50.5 Å². The number of hydrogen-bond donors (Lipinski definition) is 2. The molecule has 0 saturated heterocycles. The number of aryl methyl sites for hydroxylation is 1. The molecule has 2 rings (SSSR count). The molecular weight excluding hydrogens is 316 g/mol. The van der Waals surface area contributed by atoms with Gasteiger partial charge in [-0.1, -0.05) is 36.8 Å². The maximum absolute atomic E-state index is 12.6. The number of nitrogens with one attached hydrogen (secondary N) is 1. The molecule has 0 bridgehead atoms. The fraction of sp³-hybridized carbons (Fsp3) is 0.474. The van der Waals surface area contributed by atoms with Crippen LogP contribution >= 0.6 is 0 Å². The summed E-state index contributed by atoms with van der Waals surface area (Å²) >= 11 is 0. The first-order valence-electron chi connectivity index (χ1n) is 8.80. The standard InChI is InChI=1S/C19H28N4O2/c1-5-15(4)23-18(11-12-20-23)21-19(25)22(6-2)13-17(24)16-9-7-14(3)8-10-16/h7-12,15,17,24H,5-6,13H2,1-4H3,(H,21,25). The van der Waals surface area contributed by atoms with Crippen molar-refractivity contribution in [3.8, 4) is 0 Å². The van der Waals surface area contributed by atoms with E-state index in [2.05, 4.69) is 24.3 Å². The van der Waals surface area contributed by atoms with E-state index in [9.17, 15) is 9.90 Å². The number of hydrogen-bond acceptors (Lipinski definition) is 3. The van der Waals surface area contributed by atoms with Crippen molar-refractivity contribution >= 4 is 11.8 Å². The molecule has 1 aromatic carbocycles. The average molecular weight is 344 g/mol. The van der Waals surface area contributed by atoms with Gasteiger partial charge in [-0.05, 0) is 32.8 Å². The van der Waals surface area contributed by atoms with Gasteiger partial charge in [0, 0.05) is 12.6 Å². The van der Waals surface area contributed by atoms with Crippen molar-refractivity contribution in [1.29, 1.82) is 0 Å². The summed E-state index contributed by atoms with van der Waals surface area (Å²) in [6.07, 6.45) is 1.89. The van der Waals surface area contributed by atoms with Crippen molar-refractivity contribution in [2.24, 2.45) is 0 Å². The van der Waals surface area contributed by atoms with Gasteiger partial charge in [-0.3, -0.25) is 5.32 Å². The largest absolute Gasteiger partial charge is 0.387 e. The number of urea groups is 1. The number of nitrogens with zero attached hydrogens (tertiary/aromatic N) is 3. The Labute approximate surface area is 149 Å². The van der Waals surface area contributed by atoms with Gasteiger partial charge in [0.25, 0.3) is 0 Å². The molecule has 136 valence electrons. The smallest absolute Gasteiger partial charge is 0.323 e. The summed E-state index contributed by atoms with van der Waals surface area (Å²) in [5, 5.41) is 17.6. The number of amides is 2. The molecule has 0 aliphatic carbocycles. The Hall–Kier alpha value is -2.34. The van der Waals surface area contributed by atoms with E-state index in [0.717, 1.165) is 17.5 Å². The molecule has 2 amide bonds. The summed E-state index contributed by atoms with van der Waals surface area (Å²) < 4.78 is 1.81. The third kappa shape index (κ3) is 4.82. The number of likely N-dealkylation sites (N-methyl/N-ethyl adjacent to an activating group) is 1. The lowest BCUT2D eigenvalue weighted by Crippen LogP contribution is -2.38. The Balaban J connectivity index is 2.03. The highest BCUT2D eigenvalue weighted by molar-refractivity contribution is 5.88. The Bertz CT molecular complexity index is 681. The minimum Gasteiger partial charge on any atom is -0.387 e. The molecule has 0 saturated carbocycles. The van der Waals surface area contributed by atoms with Gasteiger partial charge >= 0.3 is 6.03 Å². The number of rotatable bonds is 7. The van der Waals surface area contributed by atoms with Gasteiger partial charge in [0.15, 0.2) is 0 Å². The van der Waals surface area contributed by atoms with E-state index < -0.39 is 6.10 Å². The van der Waals surface area contributed by atoms with Crippen LogP contribution in [-0.4, -0.2) is 38.9 Å². The van der Waals surface area contributed by atoms with E-state index in [4.69, 9.17) is 0 Å². The van der Waals surface area contributed by atoms with Gasteiger partial charge in [0.1, 0.15) is 5.82 Å². The molecule has 6 heteroatoms. The highest BCUT2D eigenvalue weighted by Crippen LogP contribution is 2.18. The molecule has 6 nitrogen and oxygen atoms in total. The van der Waals surface area contributed by atoms with E-state index in [-0.39, 0.29) is 18.6 Å². The number of carbonyl (C=O) groups excluding carboxylic acids is 1. The minimum absolute atomic E-state index is 0.207. The first-order valence-corrected chi connectivity index (χ1v) is 8.80. The molecule has 0 radical (unpaired) electrons. The van der Waals surface area contributed by atoms with Crippen LogP contribution in [-0.2, 0) is 0 Å². The monoisotopic (exact) mass is 344 g/mol. The van der Waals surface area contributed by atoms with Gasteiger partial charge in [-0.15, -0.1) is 0 Å². The van der Waals surface area contributed by atoms with Crippen molar-refractivity contribution in [1.82, 2.24) is 14.7 Å². The van der Waals surface area contributed by atoms with E-state index in [1.165, 1.54) is 0 Å². The molecule has 2 aromatic rings. The van der Waals surface area contributed by atoms with Crippen LogP contribution in [0.25, 0.3) is 0 Å². The molecule has 0 aliphatic rings. The number of carbonyl (C=O) groups is 1. The van der Waals surface area contributed by atoms with Crippen molar-refractivity contribution in [2.75, 3.05) is 18.4 Å². The Kier molecular flexibility index (Phi) is 6.58. The van der Waals surface area contributed by atoms with Crippen molar-refractivity contribution in [3.63, 3.8) is 0 Å². The number of anilines is 1. The Morgan fingerprint density at radius 1 is 1.28 bits per heavy atom. The summed E-state index contributed by atoms with van der Waals surface area (Å²) in [6, 6.07) is 9.46.